The summed E-state index contributed by atoms with van der Waals surface area (Å²) >= 11 is 0. The van der Waals surface area contributed by atoms with E-state index in [9.17, 15) is 0 Å². The van der Waals surface area contributed by atoms with Crippen molar-refractivity contribution in [1.29, 1.82) is 0 Å². The first kappa shape index (κ1) is 20.7. The zero-order valence-electron chi connectivity index (χ0n) is 17.1. The lowest BCUT2D eigenvalue weighted by Crippen LogP contribution is -1.99. The van der Waals surface area contributed by atoms with Crippen molar-refractivity contribution in [2.75, 3.05) is 0 Å². The van der Waals surface area contributed by atoms with Crippen molar-refractivity contribution in [3.8, 4) is 0 Å². The second-order valence-corrected chi connectivity index (χ2v) is 7.97. The number of rotatable bonds is 13. The van der Waals surface area contributed by atoms with E-state index in [0.29, 0.717) is 11.8 Å². The first-order chi connectivity index (χ1) is 12.7. The lowest BCUT2D eigenvalue weighted by atomic mass is 9.92. The van der Waals surface area contributed by atoms with Gasteiger partial charge in [-0.25, -0.2) is 4.98 Å². The molecule has 2 heteroatoms. The highest BCUT2D eigenvalue weighted by Gasteiger charge is 2.10. The fourth-order valence-electron chi connectivity index (χ4n) is 3.70. The number of nitrogens with zero attached hydrogens (tertiary/aromatic N) is 1. The molecule has 0 aliphatic rings. The maximum absolute atomic E-state index is 4.37. The molecule has 1 heterocycles. The number of aromatic nitrogens is 2. The highest BCUT2D eigenvalue weighted by atomic mass is 14.9. The van der Waals surface area contributed by atoms with Crippen LogP contribution >= 0.6 is 0 Å². The highest BCUT2D eigenvalue weighted by molar-refractivity contribution is 5.25. The van der Waals surface area contributed by atoms with Crippen molar-refractivity contribution < 1.29 is 0 Å². The molecule has 144 valence electrons. The minimum absolute atomic E-state index is 0.525. The van der Waals surface area contributed by atoms with Crippen LogP contribution in [-0.4, -0.2) is 9.97 Å². The molecule has 2 aromatic rings. The molecule has 2 nitrogen and oxygen atoms in total. The van der Waals surface area contributed by atoms with E-state index in [1.807, 2.05) is 12.4 Å². The van der Waals surface area contributed by atoms with Gasteiger partial charge in [0.05, 0.1) is 0 Å². The number of hydrogen-bond donors (Lipinski definition) is 1. The maximum atomic E-state index is 4.37. The topological polar surface area (TPSA) is 28.7 Å². The van der Waals surface area contributed by atoms with Crippen molar-refractivity contribution >= 4 is 0 Å². The van der Waals surface area contributed by atoms with Crippen molar-refractivity contribution in [2.24, 2.45) is 0 Å². The number of H-pyrrole nitrogens is 1. The van der Waals surface area contributed by atoms with Gasteiger partial charge in [0, 0.05) is 18.3 Å². The van der Waals surface area contributed by atoms with Crippen LogP contribution in [-0.2, 0) is 6.42 Å². The van der Waals surface area contributed by atoms with E-state index in [1.54, 1.807) is 0 Å². The van der Waals surface area contributed by atoms with Gasteiger partial charge < -0.3 is 4.98 Å². The fourth-order valence-corrected chi connectivity index (χ4v) is 3.70. The number of nitrogens with one attached hydrogen (secondary N) is 1. The summed E-state index contributed by atoms with van der Waals surface area (Å²) in [5, 5.41) is 0. The van der Waals surface area contributed by atoms with Crippen molar-refractivity contribution in [3.05, 3.63) is 53.6 Å². The molecule has 0 amide bonds. The largest absolute Gasteiger partial charge is 0.348 e. The Morgan fingerprint density at radius 3 is 2.23 bits per heavy atom. The summed E-state index contributed by atoms with van der Waals surface area (Å²) in [5.74, 6) is 2.29. The first-order valence-corrected chi connectivity index (χ1v) is 10.8. The normalized spacial score (nSPS) is 13.7. The Kier molecular flexibility index (Phi) is 9.52. The molecule has 1 N–H and O–H groups in total. The molecule has 1 aromatic heterocycles. The highest BCUT2D eigenvalue weighted by Crippen LogP contribution is 2.25. The lowest BCUT2D eigenvalue weighted by molar-refractivity contribution is 0.548. The second kappa shape index (κ2) is 11.9. The number of benzene rings is 1. The lowest BCUT2D eigenvalue weighted by Gasteiger charge is -2.14. The Hall–Kier alpha value is -1.57. The molecule has 0 aliphatic carbocycles. The molecule has 0 aliphatic heterocycles. The van der Waals surface area contributed by atoms with Gasteiger partial charge in [0.15, 0.2) is 0 Å². The van der Waals surface area contributed by atoms with Crippen LogP contribution in [0, 0.1) is 0 Å². The van der Waals surface area contributed by atoms with Gasteiger partial charge in [-0.2, -0.15) is 0 Å². The molecule has 0 radical (unpaired) electrons. The quantitative estimate of drug-likeness (QED) is 0.373. The summed E-state index contributed by atoms with van der Waals surface area (Å²) in [6, 6.07) is 9.41. The number of unbranched alkanes of at least 4 members (excludes halogenated alkanes) is 5. The molecular weight excluding hydrogens is 316 g/mol. The van der Waals surface area contributed by atoms with E-state index in [-0.39, 0.29) is 0 Å². The number of imidazole rings is 1. The van der Waals surface area contributed by atoms with Gasteiger partial charge in [-0.15, -0.1) is 0 Å². The summed E-state index contributed by atoms with van der Waals surface area (Å²) < 4.78 is 0. The van der Waals surface area contributed by atoms with Crippen LogP contribution in [0.4, 0.5) is 0 Å². The van der Waals surface area contributed by atoms with E-state index in [1.165, 1.54) is 75.3 Å². The maximum Gasteiger partial charge on any atom is 0.108 e. The second-order valence-electron chi connectivity index (χ2n) is 7.97. The average Bonchev–Trinajstić information content (AvgIpc) is 3.20. The van der Waals surface area contributed by atoms with Crippen LogP contribution in [0.15, 0.2) is 36.7 Å². The number of aromatic amines is 1. The van der Waals surface area contributed by atoms with Crippen LogP contribution in [0.25, 0.3) is 0 Å². The van der Waals surface area contributed by atoms with Crippen LogP contribution in [0.1, 0.15) is 107 Å². The number of aryl methyl sites for hydroxylation is 1. The number of hydrogen-bond acceptors (Lipinski definition) is 1. The molecule has 0 spiro atoms. The van der Waals surface area contributed by atoms with Gasteiger partial charge in [0.1, 0.15) is 5.82 Å². The Balaban J connectivity index is 1.65. The predicted octanol–water partition coefficient (Wildman–Crippen LogP) is 7.39. The van der Waals surface area contributed by atoms with Gasteiger partial charge >= 0.3 is 0 Å². The molecule has 0 bridgehead atoms. The minimum atomic E-state index is 0.525. The van der Waals surface area contributed by atoms with E-state index < -0.39 is 0 Å². The SMILES string of the molecule is CCCCCCCCc1ccc(C(C)CCCC(C)c2ncc[nH]2)cc1. The molecule has 2 atom stereocenters. The summed E-state index contributed by atoms with van der Waals surface area (Å²) in [4.78, 5) is 7.60. The van der Waals surface area contributed by atoms with E-state index >= 15 is 0 Å². The third-order valence-corrected chi connectivity index (χ3v) is 5.63. The summed E-state index contributed by atoms with van der Waals surface area (Å²) in [6.45, 7) is 6.91. The average molecular weight is 355 g/mol. The zero-order valence-corrected chi connectivity index (χ0v) is 17.1. The zero-order chi connectivity index (χ0) is 18.6. The van der Waals surface area contributed by atoms with Crippen molar-refractivity contribution in [3.63, 3.8) is 0 Å². The van der Waals surface area contributed by atoms with E-state index in [2.05, 4.69) is 55.0 Å². The van der Waals surface area contributed by atoms with Crippen molar-refractivity contribution in [2.45, 2.75) is 96.8 Å². The van der Waals surface area contributed by atoms with Gasteiger partial charge in [-0.1, -0.05) is 83.6 Å². The standard InChI is InChI=1S/C24H38N2/c1-4-5-6-7-8-9-13-22-14-16-23(17-15-22)20(2)11-10-12-21(3)24-25-18-19-26-24/h14-21H,4-13H2,1-3H3,(H,25,26). The van der Waals surface area contributed by atoms with Gasteiger partial charge in [0.2, 0.25) is 0 Å². The molecule has 2 unspecified atom stereocenters. The Labute approximate surface area is 160 Å². The molecule has 0 saturated heterocycles. The summed E-state index contributed by atoms with van der Waals surface area (Å²) in [7, 11) is 0. The third kappa shape index (κ3) is 7.35. The predicted molar refractivity (Wildman–Crippen MR) is 113 cm³/mol. The smallest absolute Gasteiger partial charge is 0.108 e. The third-order valence-electron chi connectivity index (χ3n) is 5.63. The van der Waals surface area contributed by atoms with Crippen LogP contribution in [0.5, 0.6) is 0 Å². The fraction of sp³-hybridized carbons (Fsp3) is 0.625. The van der Waals surface area contributed by atoms with Gasteiger partial charge in [0.25, 0.3) is 0 Å². The molecule has 26 heavy (non-hydrogen) atoms. The van der Waals surface area contributed by atoms with E-state index in [0.717, 1.165) is 5.82 Å². The first-order valence-electron chi connectivity index (χ1n) is 10.8. The van der Waals surface area contributed by atoms with Crippen LogP contribution < -0.4 is 0 Å². The molecule has 1 aromatic carbocycles. The molecule has 2 rings (SSSR count). The van der Waals surface area contributed by atoms with Gasteiger partial charge in [-0.3, -0.25) is 0 Å². The Morgan fingerprint density at radius 1 is 0.846 bits per heavy atom. The Bertz CT molecular complexity index is 571. The molecule has 0 saturated carbocycles. The summed E-state index contributed by atoms with van der Waals surface area (Å²) in [5.41, 5.74) is 2.99. The van der Waals surface area contributed by atoms with Crippen LogP contribution in [0.2, 0.25) is 0 Å². The van der Waals surface area contributed by atoms with Crippen molar-refractivity contribution in [1.82, 2.24) is 9.97 Å². The molecule has 0 fully saturated rings. The van der Waals surface area contributed by atoms with E-state index in [4.69, 9.17) is 0 Å². The molecular formula is C24H38N2. The minimum Gasteiger partial charge on any atom is -0.348 e. The summed E-state index contributed by atoms with van der Waals surface area (Å²) in [6.07, 6.45) is 17.0. The Morgan fingerprint density at radius 2 is 1.54 bits per heavy atom. The van der Waals surface area contributed by atoms with Gasteiger partial charge in [-0.05, 0) is 42.7 Å². The monoisotopic (exact) mass is 354 g/mol. The van der Waals surface area contributed by atoms with Crippen LogP contribution in [0.3, 0.4) is 0 Å².